The number of hydrogen-bond donors (Lipinski definition) is 1. The van der Waals surface area contributed by atoms with Gasteiger partial charge in [-0.2, -0.15) is 0 Å². The van der Waals surface area contributed by atoms with Crippen molar-refractivity contribution in [2.24, 2.45) is 5.92 Å². The van der Waals surface area contributed by atoms with Crippen molar-refractivity contribution in [3.05, 3.63) is 0 Å². The van der Waals surface area contributed by atoms with Crippen LogP contribution in [0.1, 0.15) is 40.0 Å². The lowest BCUT2D eigenvalue weighted by atomic mass is 9.95. The second-order valence-corrected chi connectivity index (χ2v) is 3.69. The van der Waals surface area contributed by atoms with E-state index in [1.54, 1.807) is 7.11 Å². The van der Waals surface area contributed by atoms with Gasteiger partial charge in [-0.1, -0.05) is 20.3 Å². The van der Waals surface area contributed by atoms with Crippen LogP contribution in [0.2, 0.25) is 0 Å². The highest BCUT2D eigenvalue weighted by Crippen LogP contribution is 2.13. The summed E-state index contributed by atoms with van der Waals surface area (Å²) in [4.78, 5) is 0. The molecule has 2 unspecified atom stereocenters. The van der Waals surface area contributed by atoms with Gasteiger partial charge < -0.3 is 10.1 Å². The summed E-state index contributed by atoms with van der Waals surface area (Å²) in [6.45, 7) is 8.75. The highest BCUT2D eigenvalue weighted by Gasteiger charge is 2.13. The predicted molar refractivity (Wildman–Crippen MR) is 58.0 cm³/mol. The Balaban J connectivity index is 3.63. The van der Waals surface area contributed by atoms with Crippen LogP contribution in [0.4, 0.5) is 0 Å². The minimum absolute atomic E-state index is 0.625. The second-order valence-electron chi connectivity index (χ2n) is 3.69. The highest BCUT2D eigenvalue weighted by molar-refractivity contribution is 4.70. The molecule has 1 N–H and O–H groups in total. The van der Waals surface area contributed by atoms with E-state index in [0.29, 0.717) is 6.04 Å². The first-order chi connectivity index (χ1) is 6.26. The zero-order chi connectivity index (χ0) is 10.1. The first kappa shape index (κ1) is 12.9. The van der Waals surface area contributed by atoms with E-state index in [1.807, 2.05) is 0 Å². The smallest absolute Gasteiger partial charge is 0.0465 e. The molecule has 0 saturated carbocycles. The van der Waals surface area contributed by atoms with Crippen molar-refractivity contribution in [3.63, 3.8) is 0 Å². The molecule has 0 aliphatic rings. The standard InChI is InChI=1S/C11H25NO/c1-5-8-12-10(3)11(6-2)7-9-13-4/h10-12H,5-9H2,1-4H3. The van der Waals surface area contributed by atoms with Crippen LogP contribution in [0.25, 0.3) is 0 Å². The fourth-order valence-corrected chi connectivity index (χ4v) is 1.62. The number of methoxy groups -OCH3 is 1. The van der Waals surface area contributed by atoms with E-state index >= 15 is 0 Å². The summed E-state index contributed by atoms with van der Waals surface area (Å²) in [6, 6.07) is 0.625. The third-order valence-electron chi connectivity index (χ3n) is 2.64. The van der Waals surface area contributed by atoms with Crippen LogP contribution in [0, 0.1) is 5.92 Å². The van der Waals surface area contributed by atoms with Crippen molar-refractivity contribution >= 4 is 0 Å². The molecule has 0 amide bonds. The van der Waals surface area contributed by atoms with Gasteiger partial charge in [-0.15, -0.1) is 0 Å². The van der Waals surface area contributed by atoms with Crippen molar-refractivity contribution < 1.29 is 4.74 Å². The monoisotopic (exact) mass is 187 g/mol. The molecule has 2 nitrogen and oxygen atoms in total. The third kappa shape index (κ3) is 6.05. The summed E-state index contributed by atoms with van der Waals surface area (Å²) in [7, 11) is 1.77. The van der Waals surface area contributed by atoms with Crippen molar-refractivity contribution in [1.82, 2.24) is 5.32 Å². The average molecular weight is 187 g/mol. The number of ether oxygens (including phenoxy) is 1. The Morgan fingerprint density at radius 2 is 2.00 bits per heavy atom. The van der Waals surface area contributed by atoms with Gasteiger partial charge in [0, 0.05) is 19.8 Å². The van der Waals surface area contributed by atoms with Gasteiger partial charge in [-0.05, 0) is 32.2 Å². The third-order valence-corrected chi connectivity index (χ3v) is 2.64. The number of hydrogen-bond acceptors (Lipinski definition) is 2. The molecule has 0 fully saturated rings. The summed E-state index contributed by atoms with van der Waals surface area (Å²) in [5.74, 6) is 0.756. The first-order valence-corrected chi connectivity index (χ1v) is 5.48. The van der Waals surface area contributed by atoms with Gasteiger partial charge in [0.1, 0.15) is 0 Å². The molecule has 13 heavy (non-hydrogen) atoms. The molecule has 0 bridgehead atoms. The summed E-state index contributed by atoms with van der Waals surface area (Å²) in [5.41, 5.74) is 0. The van der Waals surface area contributed by atoms with E-state index in [1.165, 1.54) is 19.3 Å². The van der Waals surface area contributed by atoms with Crippen molar-refractivity contribution in [3.8, 4) is 0 Å². The van der Waals surface area contributed by atoms with Crippen LogP contribution in [0.15, 0.2) is 0 Å². The van der Waals surface area contributed by atoms with Gasteiger partial charge in [-0.3, -0.25) is 0 Å². The lowest BCUT2D eigenvalue weighted by Gasteiger charge is -2.23. The Morgan fingerprint density at radius 1 is 1.31 bits per heavy atom. The maximum Gasteiger partial charge on any atom is 0.0465 e. The normalized spacial score (nSPS) is 15.7. The van der Waals surface area contributed by atoms with Gasteiger partial charge >= 0.3 is 0 Å². The van der Waals surface area contributed by atoms with E-state index in [4.69, 9.17) is 4.74 Å². The molecule has 2 atom stereocenters. The van der Waals surface area contributed by atoms with Crippen LogP contribution < -0.4 is 5.32 Å². The molecule has 80 valence electrons. The van der Waals surface area contributed by atoms with Gasteiger partial charge in [0.25, 0.3) is 0 Å². The van der Waals surface area contributed by atoms with Crippen LogP contribution in [-0.2, 0) is 4.74 Å². The van der Waals surface area contributed by atoms with Gasteiger partial charge in [0.15, 0.2) is 0 Å². The van der Waals surface area contributed by atoms with Crippen LogP contribution in [0.5, 0.6) is 0 Å². The molecular formula is C11H25NO. The highest BCUT2D eigenvalue weighted by atomic mass is 16.5. The molecule has 0 aliphatic carbocycles. The number of nitrogens with one attached hydrogen (secondary N) is 1. The molecule has 0 spiro atoms. The average Bonchev–Trinajstić information content (AvgIpc) is 2.16. The Hall–Kier alpha value is -0.0800. The molecule has 0 heterocycles. The molecule has 0 aliphatic heterocycles. The Labute approximate surface area is 83.1 Å². The Morgan fingerprint density at radius 3 is 2.46 bits per heavy atom. The zero-order valence-corrected chi connectivity index (χ0v) is 9.60. The second kappa shape index (κ2) is 8.52. The van der Waals surface area contributed by atoms with Crippen LogP contribution in [-0.4, -0.2) is 26.3 Å². The van der Waals surface area contributed by atoms with Crippen LogP contribution in [0.3, 0.4) is 0 Å². The lowest BCUT2D eigenvalue weighted by molar-refractivity contribution is 0.166. The fourth-order valence-electron chi connectivity index (χ4n) is 1.62. The van der Waals surface area contributed by atoms with Gasteiger partial charge in [0.05, 0.1) is 0 Å². The van der Waals surface area contributed by atoms with E-state index in [-0.39, 0.29) is 0 Å². The summed E-state index contributed by atoms with van der Waals surface area (Å²) < 4.78 is 5.10. The molecule has 2 heteroatoms. The molecular weight excluding hydrogens is 162 g/mol. The van der Waals surface area contributed by atoms with Gasteiger partial charge in [0.2, 0.25) is 0 Å². The predicted octanol–water partition coefficient (Wildman–Crippen LogP) is 2.44. The lowest BCUT2D eigenvalue weighted by Crippen LogP contribution is -2.34. The van der Waals surface area contributed by atoms with Crippen molar-refractivity contribution in [1.29, 1.82) is 0 Å². The fraction of sp³-hybridized carbons (Fsp3) is 1.00. The first-order valence-electron chi connectivity index (χ1n) is 5.48. The summed E-state index contributed by atoms with van der Waals surface area (Å²) in [5, 5.41) is 3.54. The minimum atomic E-state index is 0.625. The van der Waals surface area contributed by atoms with Crippen LogP contribution >= 0.6 is 0 Å². The molecule has 0 aromatic rings. The van der Waals surface area contributed by atoms with Crippen molar-refractivity contribution in [2.75, 3.05) is 20.3 Å². The summed E-state index contributed by atoms with van der Waals surface area (Å²) in [6.07, 6.45) is 3.62. The van der Waals surface area contributed by atoms with E-state index < -0.39 is 0 Å². The molecule has 0 saturated heterocycles. The zero-order valence-electron chi connectivity index (χ0n) is 9.60. The minimum Gasteiger partial charge on any atom is -0.385 e. The van der Waals surface area contributed by atoms with E-state index in [0.717, 1.165) is 19.1 Å². The molecule has 0 aromatic carbocycles. The Bertz CT molecular complexity index is 106. The maximum atomic E-state index is 5.10. The largest absolute Gasteiger partial charge is 0.385 e. The van der Waals surface area contributed by atoms with E-state index in [2.05, 4.69) is 26.1 Å². The molecule has 0 rings (SSSR count). The van der Waals surface area contributed by atoms with Crippen molar-refractivity contribution in [2.45, 2.75) is 46.1 Å². The maximum absolute atomic E-state index is 5.10. The SMILES string of the molecule is CCCNC(C)C(CC)CCOC. The molecule has 0 radical (unpaired) electrons. The topological polar surface area (TPSA) is 21.3 Å². The van der Waals surface area contributed by atoms with Gasteiger partial charge in [-0.25, -0.2) is 0 Å². The quantitative estimate of drug-likeness (QED) is 0.630. The number of rotatable bonds is 8. The van der Waals surface area contributed by atoms with E-state index in [9.17, 15) is 0 Å². The summed E-state index contributed by atoms with van der Waals surface area (Å²) >= 11 is 0. The molecule has 0 aromatic heterocycles. The Kier molecular flexibility index (Phi) is 8.46.